The molecule has 1 aliphatic heterocycles. The molecule has 162 valence electrons. The van der Waals surface area contributed by atoms with Crippen LogP contribution < -0.4 is 5.32 Å². The standard InChI is InChI=1S/C24H25ClFN3O2/c1-15(23(30)27-14-17-4-2-3-5-20(17)26)16-8-10-29(11-9-16)24(31)22-13-18-12-19(25)6-7-21(18)28-22/h2-7,12-13,15-16,28H,8-11,14H2,1H3,(H,27,30)/t15-/m1/s1. The molecule has 3 aromatic rings. The first-order valence-corrected chi connectivity index (χ1v) is 10.9. The lowest BCUT2D eigenvalue weighted by atomic mass is 9.84. The van der Waals surface area contributed by atoms with Gasteiger partial charge < -0.3 is 15.2 Å². The molecule has 2 amide bonds. The Morgan fingerprint density at radius 1 is 1.19 bits per heavy atom. The number of rotatable bonds is 5. The van der Waals surface area contributed by atoms with Gasteiger partial charge in [-0.1, -0.05) is 36.7 Å². The van der Waals surface area contributed by atoms with Crippen LogP contribution in [-0.4, -0.2) is 34.8 Å². The topological polar surface area (TPSA) is 65.2 Å². The zero-order chi connectivity index (χ0) is 22.0. The Hall–Kier alpha value is -2.86. The van der Waals surface area contributed by atoms with Crippen LogP contribution in [0.15, 0.2) is 48.5 Å². The van der Waals surface area contributed by atoms with Gasteiger partial charge in [0.1, 0.15) is 11.5 Å². The van der Waals surface area contributed by atoms with E-state index in [1.54, 1.807) is 24.3 Å². The average Bonchev–Trinajstić information content (AvgIpc) is 3.20. The summed E-state index contributed by atoms with van der Waals surface area (Å²) in [5.41, 5.74) is 1.90. The minimum absolute atomic E-state index is 0.0394. The normalized spacial score (nSPS) is 15.8. The first-order valence-electron chi connectivity index (χ1n) is 10.5. The van der Waals surface area contributed by atoms with Gasteiger partial charge in [-0.25, -0.2) is 4.39 Å². The summed E-state index contributed by atoms with van der Waals surface area (Å²) in [6.07, 6.45) is 1.51. The van der Waals surface area contributed by atoms with Gasteiger partial charge in [0.2, 0.25) is 5.91 Å². The van der Waals surface area contributed by atoms with Crippen molar-refractivity contribution in [3.63, 3.8) is 0 Å². The van der Waals surface area contributed by atoms with E-state index in [0.29, 0.717) is 29.4 Å². The molecular formula is C24H25ClFN3O2. The smallest absolute Gasteiger partial charge is 0.270 e. The van der Waals surface area contributed by atoms with Crippen LogP contribution >= 0.6 is 11.6 Å². The Labute approximate surface area is 185 Å². The molecule has 0 aliphatic carbocycles. The number of benzene rings is 2. The SMILES string of the molecule is C[C@@H](C(=O)NCc1ccccc1F)C1CCN(C(=O)c2cc3cc(Cl)ccc3[nH]2)CC1. The van der Waals surface area contributed by atoms with Crippen LogP contribution in [0.1, 0.15) is 35.8 Å². The van der Waals surface area contributed by atoms with Gasteiger partial charge in [0.05, 0.1) is 0 Å². The highest BCUT2D eigenvalue weighted by atomic mass is 35.5. The molecule has 1 atom stereocenters. The summed E-state index contributed by atoms with van der Waals surface area (Å²) in [6, 6.07) is 13.8. The summed E-state index contributed by atoms with van der Waals surface area (Å²) in [6.45, 7) is 3.28. The number of aromatic nitrogens is 1. The fourth-order valence-corrected chi connectivity index (χ4v) is 4.37. The predicted molar refractivity (Wildman–Crippen MR) is 119 cm³/mol. The van der Waals surface area contributed by atoms with E-state index in [0.717, 1.165) is 23.7 Å². The van der Waals surface area contributed by atoms with Crippen molar-refractivity contribution < 1.29 is 14.0 Å². The van der Waals surface area contributed by atoms with Crippen LogP contribution in [0, 0.1) is 17.7 Å². The lowest BCUT2D eigenvalue weighted by Gasteiger charge is -2.34. The summed E-state index contributed by atoms with van der Waals surface area (Å²) in [7, 11) is 0. The Kier molecular flexibility index (Phi) is 6.28. The Morgan fingerprint density at radius 3 is 2.68 bits per heavy atom. The number of carbonyl (C=O) groups is 2. The Balaban J connectivity index is 1.31. The van der Waals surface area contributed by atoms with Crippen LogP contribution in [-0.2, 0) is 11.3 Å². The molecule has 1 aliphatic rings. The summed E-state index contributed by atoms with van der Waals surface area (Å²) in [5.74, 6) is -0.449. The average molecular weight is 442 g/mol. The zero-order valence-corrected chi connectivity index (χ0v) is 18.1. The molecule has 1 fully saturated rings. The summed E-state index contributed by atoms with van der Waals surface area (Å²) < 4.78 is 13.7. The molecule has 0 unspecified atom stereocenters. The highest BCUT2D eigenvalue weighted by molar-refractivity contribution is 6.31. The summed E-state index contributed by atoms with van der Waals surface area (Å²) in [5, 5.41) is 4.38. The van der Waals surface area contributed by atoms with E-state index in [1.807, 2.05) is 30.0 Å². The van der Waals surface area contributed by atoms with E-state index in [4.69, 9.17) is 11.6 Å². The number of aromatic amines is 1. The molecule has 2 N–H and O–H groups in total. The second-order valence-electron chi connectivity index (χ2n) is 8.14. The maximum Gasteiger partial charge on any atom is 0.270 e. The van der Waals surface area contributed by atoms with Gasteiger partial charge in [-0.05, 0) is 49.1 Å². The number of halogens is 2. The molecule has 0 spiro atoms. The number of nitrogens with one attached hydrogen (secondary N) is 2. The first kappa shape index (κ1) is 21.4. The minimum atomic E-state index is -0.318. The third-order valence-corrected chi connectivity index (χ3v) is 6.41. The van der Waals surface area contributed by atoms with E-state index in [-0.39, 0.29) is 36.0 Å². The van der Waals surface area contributed by atoms with Gasteiger partial charge >= 0.3 is 0 Å². The molecule has 0 saturated carbocycles. The van der Waals surface area contributed by atoms with E-state index >= 15 is 0 Å². The number of amides is 2. The summed E-state index contributed by atoms with van der Waals surface area (Å²) >= 11 is 6.03. The van der Waals surface area contributed by atoms with Gasteiger partial charge in [-0.15, -0.1) is 0 Å². The molecule has 4 rings (SSSR count). The molecule has 2 aromatic carbocycles. The minimum Gasteiger partial charge on any atom is -0.352 e. The second kappa shape index (κ2) is 9.10. The number of nitrogens with zero attached hydrogens (tertiary/aromatic N) is 1. The van der Waals surface area contributed by atoms with Crippen molar-refractivity contribution in [3.8, 4) is 0 Å². The van der Waals surface area contributed by atoms with Gasteiger partial charge in [-0.2, -0.15) is 0 Å². The number of likely N-dealkylation sites (tertiary alicyclic amines) is 1. The number of hydrogen-bond donors (Lipinski definition) is 2. The van der Waals surface area contributed by atoms with Crippen molar-refractivity contribution in [2.45, 2.75) is 26.3 Å². The molecule has 0 radical (unpaired) electrons. The molecule has 7 heteroatoms. The number of hydrogen-bond acceptors (Lipinski definition) is 2. The fourth-order valence-electron chi connectivity index (χ4n) is 4.19. The second-order valence-corrected chi connectivity index (χ2v) is 8.58. The van der Waals surface area contributed by atoms with Gasteiger partial charge in [0.15, 0.2) is 0 Å². The van der Waals surface area contributed by atoms with Crippen LogP contribution in [0.3, 0.4) is 0 Å². The number of carbonyl (C=O) groups excluding carboxylic acids is 2. The van der Waals surface area contributed by atoms with E-state index in [2.05, 4.69) is 10.3 Å². The van der Waals surface area contributed by atoms with Crippen molar-refractivity contribution >= 4 is 34.3 Å². The first-order chi connectivity index (χ1) is 14.9. The van der Waals surface area contributed by atoms with E-state index in [9.17, 15) is 14.0 Å². The zero-order valence-electron chi connectivity index (χ0n) is 17.3. The Bertz CT molecular complexity index is 1110. The maximum absolute atomic E-state index is 13.7. The van der Waals surface area contributed by atoms with Crippen molar-refractivity contribution in [3.05, 3.63) is 70.6 Å². The molecule has 31 heavy (non-hydrogen) atoms. The highest BCUT2D eigenvalue weighted by Gasteiger charge is 2.30. The molecule has 1 aromatic heterocycles. The van der Waals surface area contributed by atoms with E-state index in [1.165, 1.54) is 6.07 Å². The van der Waals surface area contributed by atoms with Crippen molar-refractivity contribution in [2.75, 3.05) is 13.1 Å². The lowest BCUT2D eigenvalue weighted by molar-refractivity contribution is -0.126. The number of fused-ring (bicyclic) bond motifs is 1. The molecule has 0 bridgehead atoms. The van der Waals surface area contributed by atoms with Gasteiger partial charge in [0.25, 0.3) is 5.91 Å². The lowest BCUT2D eigenvalue weighted by Crippen LogP contribution is -2.42. The number of H-pyrrole nitrogens is 1. The third kappa shape index (κ3) is 4.74. The van der Waals surface area contributed by atoms with Crippen LogP contribution in [0.25, 0.3) is 10.9 Å². The molecular weight excluding hydrogens is 417 g/mol. The fraction of sp³-hybridized carbons (Fsp3) is 0.333. The van der Waals surface area contributed by atoms with Gasteiger partial charge in [0, 0.05) is 47.0 Å². The van der Waals surface area contributed by atoms with Crippen LogP contribution in [0.4, 0.5) is 4.39 Å². The highest BCUT2D eigenvalue weighted by Crippen LogP contribution is 2.27. The maximum atomic E-state index is 13.7. The Morgan fingerprint density at radius 2 is 1.94 bits per heavy atom. The summed E-state index contributed by atoms with van der Waals surface area (Å²) in [4.78, 5) is 30.5. The van der Waals surface area contributed by atoms with Gasteiger partial charge in [-0.3, -0.25) is 9.59 Å². The molecule has 1 saturated heterocycles. The molecule has 5 nitrogen and oxygen atoms in total. The van der Waals surface area contributed by atoms with Crippen molar-refractivity contribution in [1.82, 2.24) is 15.2 Å². The predicted octanol–water partition coefficient (Wildman–Crippen LogP) is 4.77. The quantitative estimate of drug-likeness (QED) is 0.599. The van der Waals surface area contributed by atoms with Crippen molar-refractivity contribution in [2.24, 2.45) is 11.8 Å². The number of piperidine rings is 1. The molecule has 2 heterocycles. The monoisotopic (exact) mass is 441 g/mol. The third-order valence-electron chi connectivity index (χ3n) is 6.17. The van der Waals surface area contributed by atoms with E-state index < -0.39 is 0 Å². The van der Waals surface area contributed by atoms with Crippen LogP contribution in [0.5, 0.6) is 0 Å². The van der Waals surface area contributed by atoms with Crippen molar-refractivity contribution in [1.29, 1.82) is 0 Å². The largest absolute Gasteiger partial charge is 0.352 e. The van der Waals surface area contributed by atoms with Crippen LogP contribution in [0.2, 0.25) is 5.02 Å².